The first-order valence-corrected chi connectivity index (χ1v) is 6.71. The highest BCUT2D eigenvalue weighted by molar-refractivity contribution is 6.70. The lowest BCUT2D eigenvalue weighted by molar-refractivity contribution is -0.114. The fourth-order valence-electron chi connectivity index (χ4n) is 1.63. The summed E-state index contributed by atoms with van der Waals surface area (Å²) in [7, 11) is 0. The van der Waals surface area contributed by atoms with Crippen molar-refractivity contribution in [3.05, 3.63) is 0 Å². The SMILES string of the molecule is CCCCCC(Cl)(CCCCC)C(=O)Cl. The molecule has 0 bridgehead atoms. The van der Waals surface area contributed by atoms with Gasteiger partial charge < -0.3 is 0 Å². The topological polar surface area (TPSA) is 17.1 Å². The molecule has 0 radical (unpaired) electrons. The first-order chi connectivity index (χ1) is 7.06. The summed E-state index contributed by atoms with van der Waals surface area (Å²) in [6.07, 6.45) is 7.92. The van der Waals surface area contributed by atoms with Crippen LogP contribution >= 0.6 is 23.2 Å². The van der Waals surface area contributed by atoms with Crippen molar-refractivity contribution in [2.45, 2.75) is 70.1 Å². The molecule has 0 spiro atoms. The average Bonchev–Trinajstić information content (AvgIpc) is 2.18. The van der Waals surface area contributed by atoms with Gasteiger partial charge in [-0.3, -0.25) is 4.79 Å². The van der Waals surface area contributed by atoms with E-state index in [9.17, 15) is 4.79 Å². The van der Waals surface area contributed by atoms with Gasteiger partial charge in [0.25, 0.3) is 0 Å². The van der Waals surface area contributed by atoms with Crippen LogP contribution < -0.4 is 0 Å². The van der Waals surface area contributed by atoms with Gasteiger partial charge in [-0.2, -0.15) is 0 Å². The molecule has 0 aromatic rings. The number of hydrogen-bond donors (Lipinski definition) is 0. The summed E-state index contributed by atoms with van der Waals surface area (Å²) in [4.78, 5) is 10.5. The lowest BCUT2D eigenvalue weighted by Crippen LogP contribution is -2.28. The first-order valence-electron chi connectivity index (χ1n) is 5.95. The predicted molar refractivity (Wildman–Crippen MR) is 67.7 cm³/mol. The molecule has 0 aromatic heterocycles. The molecule has 0 atom stereocenters. The van der Waals surface area contributed by atoms with Gasteiger partial charge in [-0.05, 0) is 24.4 Å². The zero-order chi connectivity index (χ0) is 11.7. The summed E-state index contributed by atoms with van der Waals surface area (Å²) >= 11 is 11.8. The molecule has 0 saturated heterocycles. The van der Waals surface area contributed by atoms with Crippen molar-refractivity contribution in [1.82, 2.24) is 0 Å². The highest BCUT2D eigenvalue weighted by Gasteiger charge is 2.33. The summed E-state index contributed by atoms with van der Waals surface area (Å²) in [5.41, 5.74) is 0. The lowest BCUT2D eigenvalue weighted by atomic mass is 9.95. The van der Waals surface area contributed by atoms with Crippen molar-refractivity contribution in [3.8, 4) is 0 Å². The normalized spacial score (nSPS) is 11.7. The number of halogens is 2. The number of carbonyl (C=O) groups excluding carboxylic acids is 1. The van der Waals surface area contributed by atoms with Crippen LogP contribution in [0.15, 0.2) is 0 Å². The minimum absolute atomic E-state index is 0.378. The Hall–Kier alpha value is 0.250. The van der Waals surface area contributed by atoms with E-state index in [4.69, 9.17) is 23.2 Å². The van der Waals surface area contributed by atoms with Gasteiger partial charge in [0.1, 0.15) is 4.87 Å². The zero-order valence-corrected chi connectivity index (χ0v) is 11.3. The van der Waals surface area contributed by atoms with Crippen LogP contribution in [0.5, 0.6) is 0 Å². The summed E-state index contributed by atoms with van der Waals surface area (Å²) in [6.45, 7) is 4.27. The van der Waals surface area contributed by atoms with Crippen molar-refractivity contribution in [3.63, 3.8) is 0 Å². The molecule has 0 saturated carbocycles. The molecular weight excluding hydrogens is 231 g/mol. The quantitative estimate of drug-likeness (QED) is 0.325. The van der Waals surface area contributed by atoms with Gasteiger partial charge in [0, 0.05) is 0 Å². The molecule has 0 N–H and O–H groups in total. The van der Waals surface area contributed by atoms with Crippen LogP contribution in [-0.4, -0.2) is 10.1 Å². The predicted octanol–water partition coefficient (Wildman–Crippen LogP) is 4.89. The fraction of sp³-hybridized carbons (Fsp3) is 0.917. The van der Waals surface area contributed by atoms with Gasteiger partial charge in [-0.15, -0.1) is 11.6 Å². The summed E-state index contributed by atoms with van der Waals surface area (Å²) in [6, 6.07) is 0. The Bertz CT molecular complexity index is 170. The van der Waals surface area contributed by atoms with E-state index in [1.807, 2.05) is 0 Å². The van der Waals surface area contributed by atoms with Crippen molar-refractivity contribution in [2.24, 2.45) is 0 Å². The maximum Gasteiger partial charge on any atom is 0.242 e. The van der Waals surface area contributed by atoms with Crippen LogP contribution in [0.4, 0.5) is 0 Å². The third-order valence-corrected chi connectivity index (χ3v) is 3.71. The second-order valence-corrected chi connectivity index (χ2v) is 5.22. The number of alkyl halides is 1. The van der Waals surface area contributed by atoms with Crippen molar-refractivity contribution >= 4 is 28.4 Å². The van der Waals surface area contributed by atoms with Gasteiger partial charge in [-0.25, -0.2) is 0 Å². The highest BCUT2D eigenvalue weighted by atomic mass is 35.5. The molecule has 90 valence electrons. The van der Waals surface area contributed by atoms with Crippen molar-refractivity contribution in [1.29, 1.82) is 0 Å². The number of rotatable bonds is 9. The summed E-state index contributed by atoms with van der Waals surface area (Å²) in [5, 5.41) is -0.378. The first kappa shape index (κ1) is 15.2. The Balaban J connectivity index is 4.01. The van der Waals surface area contributed by atoms with Crippen molar-refractivity contribution in [2.75, 3.05) is 0 Å². The van der Waals surface area contributed by atoms with E-state index in [2.05, 4.69) is 13.8 Å². The molecular formula is C12H22Cl2O. The molecule has 0 amide bonds. The molecule has 0 aliphatic rings. The second kappa shape index (κ2) is 8.41. The molecule has 0 aliphatic heterocycles. The molecule has 0 aromatic carbocycles. The van der Waals surface area contributed by atoms with E-state index in [0.29, 0.717) is 12.8 Å². The van der Waals surface area contributed by atoms with Gasteiger partial charge >= 0.3 is 0 Å². The van der Waals surface area contributed by atoms with Crippen LogP contribution in [0.1, 0.15) is 65.2 Å². The second-order valence-electron chi connectivity index (χ2n) is 4.15. The zero-order valence-electron chi connectivity index (χ0n) is 9.82. The van der Waals surface area contributed by atoms with Crippen LogP contribution in [0, 0.1) is 0 Å². The highest BCUT2D eigenvalue weighted by Crippen LogP contribution is 2.31. The Morgan fingerprint density at radius 1 is 1.00 bits per heavy atom. The van der Waals surface area contributed by atoms with Gasteiger partial charge in [0.2, 0.25) is 5.24 Å². The monoisotopic (exact) mass is 252 g/mol. The maximum atomic E-state index is 11.3. The largest absolute Gasteiger partial charge is 0.279 e. The van der Waals surface area contributed by atoms with Gasteiger partial charge in [0.05, 0.1) is 0 Å². The van der Waals surface area contributed by atoms with E-state index in [1.54, 1.807) is 0 Å². The van der Waals surface area contributed by atoms with E-state index in [1.165, 1.54) is 0 Å². The Morgan fingerprint density at radius 3 is 1.67 bits per heavy atom. The molecule has 0 rings (SSSR count). The Kier molecular flexibility index (Phi) is 8.55. The van der Waals surface area contributed by atoms with Crippen LogP contribution in [0.2, 0.25) is 0 Å². The molecule has 3 heteroatoms. The van der Waals surface area contributed by atoms with Crippen LogP contribution in [0.3, 0.4) is 0 Å². The molecule has 0 fully saturated rings. The number of hydrogen-bond acceptors (Lipinski definition) is 1. The standard InChI is InChI=1S/C12H22Cl2O/c1-3-5-7-9-12(14,11(13)15)10-8-6-4-2/h3-10H2,1-2H3. The van der Waals surface area contributed by atoms with Crippen LogP contribution in [0.25, 0.3) is 0 Å². The fourth-order valence-corrected chi connectivity index (χ4v) is 2.09. The van der Waals surface area contributed by atoms with E-state index in [0.717, 1.165) is 38.5 Å². The summed E-state index contributed by atoms with van der Waals surface area (Å²) < 4.78 is 0. The van der Waals surface area contributed by atoms with E-state index >= 15 is 0 Å². The lowest BCUT2D eigenvalue weighted by Gasteiger charge is -2.22. The average molecular weight is 253 g/mol. The smallest absolute Gasteiger partial charge is 0.242 e. The van der Waals surface area contributed by atoms with Gasteiger partial charge in [0.15, 0.2) is 0 Å². The minimum Gasteiger partial charge on any atom is -0.279 e. The van der Waals surface area contributed by atoms with Gasteiger partial charge in [-0.1, -0.05) is 52.4 Å². The molecule has 0 aliphatic carbocycles. The molecule has 0 unspecified atom stereocenters. The molecule has 0 heterocycles. The molecule has 15 heavy (non-hydrogen) atoms. The third-order valence-electron chi connectivity index (χ3n) is 2.71. The maximum absolute atomic E-state index is 11.3. The van der Waals surface area contributed by atoms with Crippen molar-refractivity contribution < 1.29 is 4.79 Å². The van der Waals surface area contributed by atoms with E-state index < -0.39 is 4.87 Å². The van der Waals surface area contributed by atoms with Crippen LogP contribution in [-0.2, 0) is 4.79 Å². The minimum atomic E-state index is -0.800. The third kappa shape index (κ3) is 6.42. The molecule has 1 nitrogen and oxygen atoms in total. The Labute approximate surface area is 104 Å². The number of carbonyl (C=O) groups is 1. The van der Waals surface area contributed by atoms with E-state index in [-0.39, 0.29) is 5.24 Å². The summed E-state index contributed by atoms with van der Waals surface area (Å²) in [5.74, 6) is 0. The number of unbranched alkanes of at least 4 members (excludes halogenated alkanes) is 4. The Morgan fingerprint density at radius 2 is 1.40 bits per heavy atom.